The molecule has 130 valence electrons. The molecule has 0 aliphatic rings. The molecule has 2 aromatic carbocycles. The van der Waals surface area contributed by atoms with Crippen LogP contribution in [0.15, 0.2) is 47.8 Å². The first-order valence-corrected chi connectivity index (χ1v) is 8.85. The van der Waals surface area contributed by atoms with Gasteiger partial charge in [0.1, 0.15) is 11.4 Å². The van der Waals surface area contributed by atoms with E-state index in [4.69, 9.17) is 21.4 Å². The highest BCUT2D eigenvalue weighted by molar-refractivity contribution is 7.12. The number of carbonyl (C=O) groups is 1. The Kier molecular flexibility index (Phi) is 4.10. The summed E-state index contributed by atoms with van der Waals surface area (Å²) in [4.78, 5) is 15.3. The molecule has 0 bridgehead atoms. The van der Waals surface area contributed by atoms with E-state index < -0.39 is 5.97 Å². The number of para-hydroxylation sites is 1. The Hall–Kier alpha value is -2.90. The van der Waals surface area contributed by atoms with Gasteiger partial charge in [0.15, 0.2) is 5.69 Å². The van der Waals surface area contributed by atoms with E-state index in [1.165, 1.54) is 16.7 Å². The van der Waals surface area contributed by atoms with Gasteiger partial charge >= 0.3 is 5.97 Å². The molecule has 2 heterocycles. The van der Waals surface area contributed by atoms with Crippen molar-refractivity contribution in [3.05, 3.63) is 58.6 Å². The number of nitrogens with zero attached hydrogens (tertiary/aromatic N) is 3. The number of rotatable bonds is 4. The van der Waals surface area contributed by atoms with Crippen LogP contribution in [0.25, 0.3) is 27.3 Å². The quantitative estimate of drug-likeness (QED) is 0.559. The third kappa shape index (κ3) is 2.71. The van der Waals surface area contributed by atoms with Gasteiger partial charge in [0.25, 0.3) is 0 Å². The van der Waals surface area contributed by atoms with Gasteiger partial charge < -0.3 is 9.84 Å². The summed E-state index contributed by atoms with van der Waals surface area (Å²) in [5.41, 5.74) is 2.32. The number of hydrogen-bond donors (Lipinski definition) is 1. The van der Waals surface area contributed by atoms with E-state index in [0.717, 1.165) is 16.5 Å². The van der Waals surface area contributed by atoms with Crippen molar-refractivity contribution in [3.63, 3.8) is 0 Å². The summed E-state index contributed by atoms with van der Waals surface area (Å²) < 4.78 is 7.10. The number of thiazole rings is 1. The second kappa shape index (κ2) is 6.44. The second-order valence-electron chi connectivity index (χ2n) is 5.44. The van der Waals surface area contributed by atoms with Crippen molar-refractivity contribution in [1.82, 2.24) is 14.8 Å². The average Bonchev–Trinajstić information content (AvgIpc) is 3.26. The van der Waals surface area contributed by atoms with Gasteiger partial charge in [-0.1, -0.05) is 29.8 Å². The fourth-order valence-electron chi connectivity index (χ4n) is 2.73. The van der Waals surface area contributed by atoms with Crippen LogP contribution >= 0.6 is 22.9 Å². The van der Waals surface area contributed by atoms with Gasteiger partial charge in [0.05, 0.1) is 12.6 Å². The number of ether oxygens (including phenoxy) is 1. The number of methoxy groups -OCH3 is 1. The molecule has 4 aromatic rings. The monoisotopic (exact) mass is 385 g/mol. The minimum Gasteiger partial charge on any atom is -0.496 e. The minimum atomic E-state index is -1.07. The van der Waals surface area contributed by atoms with E-state index in [0.29, 0.717) is 21.6 Å². The molecule has 0 aliphatic heterocycles. The predicted octanol–water partition coefficient (Wildman–Crippen LogP) is 4.51. The first-order chi connectivity index (χ1) is 12.6. The molecule has 0 spiro atoms. The SMILES string of the molecule is COc1cc(Cl)ccc1-c1nn(-c2nc(C(=O)O)cs2)c2ccccc12. The lowest BCUT2D eigenvalue weighted by atomic mass is 10.1. The van der Waals surface area contributed by atoms with Crippen molar-refractivity contribution in [2.75, 3.05) is 7.11 Å². The van der Waals surface area contributed by atoms with Gasteiger partial charge in [-0.2, -0.15) is 5.10 Å². The molecule has 1 N–H and O–H groups in total. The Labute approximate surface area is 157 Å². The Morgan fingerprint density at radius 3 is 2.81 bits per heavy atom. The smallest absolute Gasteiger partial charge is 0.355 e. The van der Waals surface area contributed by atoms with Gasteiger partial charge in [0.2, 0.25) is 5.13 Å². The number of carboxylic acid groups (broad SMARTS) is 1. The first kappa shape index (κ1) is 16.6. The van der Waals surface area contributed by atoms with Gasteiger partial charge in [-0.15, -0.1) is 11.3 Å². The van der Waals surface area contributed by atoms with E-state index >= 15 is 0 Å². The number of benzene rings is 2. The molecule has 0 amide bonds. The Morgan fingerprint density at radius 1 is 1.27 bits per heavy atom. The van der Waals surface area contributed by atoms with Crippen LogP contribution in [0.2, 0.25) is 5.02 Å². The molecule has 0 atom stereocenters. The van der Waals surface area contributed by atoms with Crippen LogP contribution in [-0.4, -0.2) is 33.0 Å². The largest absolute Gasteiger partial charge is 0.496 e. The number of aromatic carboxylic acids is 1. The number of fused-ring (bicyclic) bond motifs is 1. The Balaban J connectivity index is 1.96. The summed E-state index contributed by atoms with van der Waals surface area (Å²) in [6.45, 7) is 0. The van der Waals surface area contributed by atoms with Crippen LogP contribution in [-0.2, 0) is 0 Å². The number of halogens is 1. The van der Waals surface area contributed by atoms with E-state index in [1.807, 2.05) is 30.3 Å². The molecule has 2 aromatic heterocycles. The predicted molar refractivity (Wildman–Crippen MR) is 101 cm³/mol. The topological polar surface area (TPSA) is 77.2 Å². The van der Waals surface area contributed by atoms with Crippen LogP contribution in [0.5, 0.6) is 5.75 Å². The molecule has 0 unspecified atom stereocenters. The molecule has 0 aliphatic carbocycles. The maximum Gasteiger partial charge on any atom is 0.355 e. The summed E-state index contributed by atoms with van der Waals surface area (Å²) in [7, 11) is 1.58. The molecule has 6 nitrogen and oxygen atoms in total. The average molecular weight is 386 g/mol. The summed E-state index contributed by atoms with van der Waals surface area (Å²) in [6, 6.07) is 13.0. The van der Waals surface area contributed by atoms with Crippen molar-refractivity contribution in [3.8, 4) is 22.1 Å². The minimum absolute atomic E-state index is 0.00444. The van der Waals surface area contributed by atoms with Crippen molar-refractivity contribution >= 4 is 39.8 Å². The molecule has 0 saturated carbocycles. The van der Waals surface area contributed by atoms with Crippen LogP contribution in [0.3, 0.4) is 0 Å². The third-order valence-electron chi connectivity index (χ3n) is 3.90. The molecule has 8 heteroatoms. The first-order valence-electron chi connectivity index (χ1n) is 7.59. The highest BCUT2D eigenvalue weighted by Crippen LogP contribution is 2.37. The standard InChI is InChI=1S/C18H12ClN3O3S/c1-25-15-8-10(19)6-7-12(15)16-11-4-2-3-5-14(11)22(21-16)18-20-13(9-26-18)17(23)24/h2-9H,1H3,(H,23,24). The maximum atomic E-state index is 11.1. The zero-order valence-corrected chi connectivity index (χ0v) is 15.1. The number of aromatic nitrogens is 3. The van der Waals surface area contributed by atoms with Crippen molar-refractivity contribution in [1.29, 1.82) is 0 Å². The lowest BCUT2D eigenvalue weighted by molar-refractivity contribution is 0.0691. The van der Waals surface area contributed by atoms with Crippen molar-refractivity contribution in [2.45, 2.75) is 0 Å². The zero-order valence-electron chi connectivity index (χ0n) is 13.5. The lowest BCUT2D eigenvalue weighted by Crippen LogP contribution is -2.00. The second-order valence-corrected chi connectivity index (χ2v) is 6.72. The van der Waals surface area contributed by atoms with Crippen LogP contribution in [0, 0.1) is 0 Å². The summed E-state index contributed by atoms with van der Waals surface area (Å²) in [5, 5.41) is 17.3. The van der Waals surface area contributed by atoms with Crippen LogP contribution < -0.4 is 4.74 Å². The molecule has 0 saturated heterocycles. The lowest BCUT2D eigenvalue weighted by Gasteiger charge is -2.07. The number of carboxylic acids is 1. The third-order valence-corrected chi connectivity index (χ3v) is 4.95. The number of hydrogen-bond acceptors (Lipinski definition) is 5. The van der Waals surface area contributed by atoms with Crippen LogP contribution in [0.1, 0.15) is 10.5 Å². The fraction of sp³-hybridized carbons (Fsp3) is 0.0556. The van der Waals surface area contributed by atoms with Gasteiger partial charge in [-0.05, 0) is 24.3 Å². The Morgan fingerprint density at radius 2 is 2.08 bits per heavy atom. The highest BCUT2D eigenvalue weighted by atomic mass is 35.5. The molecule has 26 heavy (non-hydrogen) atoms. The Bertz CT molecular complexity index is 1140. The highest BCUT2D eigenvalue weighted by Gasteiger charge is 2.19. The van der Waals surface area contributed by atoms with Crippen molar-refractivity contribution in [2.24, 2.45) is 0 Å². The normalized spacial score (nSPS) is 11.0. The van der Waals surface area contributed by atoms with Crippen molar-refractivity contribution < 1.29 is 14.6 Å². The summed E-state index contributed by atoms with van der Waals surface area (Å²) in [5.74, 6) is -0.457. The summed E-state index contributed by atoms with van der Waals surface area (Å²) in [6.07, 6.45) is 0. The van der Waals surface area contributed by atoms with E-state index in [2.05, 4.69) is 10.1 Å². The van der Waals surface area contributed by atoms with Crippen LogP contribution in [0.4, 0.5) is 0 Å². The van der Waals surface area contributed by atoms with Gasteiger partial charge in [-0.3, -0.25) is 0 Å². The van der Waals surface area contributed by atoms with E-state index in [-0.39, 0.29) is 5.69 Å². The van der Waals surface area contributed by atoms with Gasteiger partial charge in [0, 0.05) is 21.4 Å². The molecular formula is C18H12ClN3O3S. The zero-order chi connectivity index (χ0) is 18.3. The van der Waals surface area contributed by atoms with E-state index in [9.17, 15) is 4.79 Å². The molecule has 0 fully saturated rings. The fourth-order valence-corrected chi connectivity index (χ4v) is 3.65. The maximum absolute atomic E-state index is 11.1. The molecular weight excluding hydrogens is 374 g/mol. The molecule has 4 rings (SSSR count). The molecule has 0 radical (unpaired) electrons. The summed E-state index contributed by atoms with van der Waals surface area (Å²) >= 11 is 7.29. The van der Waals surface area contributed by atoms with E-state index in [1.54, 1.807) is 23.9 Å². The van der Waals surface area contributed by atoms with Gasteiger partial charge in [-0.25, -0.2) is 14.5 Å².